The molecule has 1 aliphatic heterocycles. The second-order valence-corrected chi connectivity index (χ2v) is 4.87. The van der Waals surface area contributed by atoms with E-state index >= 15 is 0 Å². The second kappa shape index (κ2) is 5.25. The molecular weight excluding hydrogens is 248 g/mol. The number of carbonyl (C=O) groups excluding carboxylic acids is 2. The first-order valence-electron chi connectivity index (χ1n) is 6.21. The van der Waals surface area contributed by atoms with Gasteiger partial charge in [0, 0.05) is 12.6 Å². The van der Waals surface area contributed by atoms with Gasteiger partial charge in [0.15, 0.2) is 0 Å². The predicted octanol–water partition coefficient (Wildman–Crippen LogP) is -1.03. The zero-order chi connectivity index (χ0) is 14.0. The Morgan fingerprint density at radius 1 is 1.47 bits per heavy atom. The number of carbonyl (C=O) groups is 2. The maximum absolute atomic E-state index is 12.2. The van der Waals surface area contributed by atoms with Gasteiger partial charge in [-0.2, -0.15) is 0 Å². The molecule has 1 saturated heterocycles. The Morgan fingerprint density at radius 2 is 2.21 bits per heavy atom. The Bertz CT molecular complexity index is 485. The highest BCUT2D eigenvalue weighted by Gasteiger charge is 2.31. The normalized spacial score (nSPS) is 23.3. The topological polar surface area (TPSA) is 120 Å². The Balaban J connectivity index is 2.02. The van der Waals surface area contributed by atoms with Crippen LogP contribution in [0.1, 0.15) is 19.8 Å². The summed E-state index contributed by atoms with van der Waals surface area (Å²) in [5.74, 6) is -0.589. The van der Waals surface area contributed by atoms with Crippen LogP contribution in [0, 0.1) is 5.92 Å². The van der Waals surface area contributed by atoms with Crippen molar-refractivity contribution in [3.63, 3.8) is 0 Å². The van der Waals surface area contributed by atoms with Gasteiger partial charge in [-0.05, 0) is 19.8 Å². The van der Waals surface area contributed by atoms with Gasteiger partial charge in [0.25, 0.3) is 0 Å². The fourth-order valence-electron chi connectivity index (χ4n) is 2.30. The van der Waals surface area contributed by atoms with Crippen LogP contribution >= 0.6 is 0 Å². The van der Waals surface area contributed by atoms with E-state index in [4.69, 9.17) is 11.5 Å². The Morgan fingerprint density at radius 3 is 2.79 bits per heavy atom. The molecule has 8 nitrogen and oxygen atoms in total. The van der Waals surface area contributed by atoms with Crippen LogP contribution in [0.15, 0.2) is 6.33 Å². The summed E-state index contributed by atoms with van der Waals surface area (Å²) in [5, 5.41) is 3.87. The van der Waals surface area contributed by atoms with Crippen LogP contribution in [-0.4, -0.2) is 44.1 Å². The summed E-state index contributed by atoms with van der Waals surface area (Å²) in [6, 6.07) is 0.101. The molecule has 104 valence electrons. The number of rotatable bonds is 3. The van der Waals surface area contributed by atoms with E-state index < -0.39 is 0 Å². The number of anilines is 1. The fourth-order valence-corrected chi connectivity index (χ4v) is 2.30. The minimum absolute atomic E-state index is 0.0695. The van der Waals surface area contributed by atoms with Crippen LogP contribution in [0.3, 0.4) is 0 Å². The van der Waals surface area contributed by atoms with E-state index in [1.807, 2.05) is 6.92 Å². The first-order valence-corrected chi connectivity index (χ1v) is 6.21. The molecule has 1 fully saturated rings. The van der Waals surface area contributed by atoms with E-state index in [1.165, 1.54) is 11.0 Å². The van der Waals surface area contributed by atoms with E-state index in [9.17, 15) is 9.59 Å². The lowest BCUT2D eigenvalue weighted by Gasteiger charge is -2.36. The second-order valence-electron chi connectivity index (χ2n) is 4.87. The number of piperidine rings is 1. The molecule has 19 heavy (non-hydrogen) atoms. The molecule has 0 bridgehead atoms. The Labute approximate surface area is 110 Å². The summed E-state index contributed by atoms with van der Waals surface area (Å²) in [4.78, 5) is 28.9. The highest BCUT2D eigenvalue weighted by molar-refractivity contribution is 5.80. The van der Waals surface area contributed by atoms with E-state index in [2.05, 4.69) is 10.1 Å². The molecule has 1 aromatic heterocycles. The molecular formula is C11H18N6O2. The highest BCUT2D eigenvalue weighted by atomic mass is 16.2. The summed E-state index contributed by atoms with van der Waals surface area (Å²) < 4.78 is 1.39. The zero-order valence-corrected chi connectivity index (χ0v) is 10.8. The van der Waals surface area contributed by atoms with Crippen molar-refractivity contribution in [3.8, 4) is 0 Å². The summed E-state index contributed by atoms with van der Waals surface area (Å²) in [6.45, 7) is 2.41. The van der Waals surface area contributed by atoms with Crippen molar-refractivity contribution in [2.45, 2.75) is 32.4 Å². The first kappa shape index (κ1) is 13.3. The van der Waals surface area contributed by atoms with Crippen molar-refractivity contribution in [1.29, 1.82) is 0 Å². The highest BCUT2D eigenvalue weighted by Crippen LogP contribution is 2.21. The minimum atomic E-state index is -0.352. The molecule has 0 aromatic carbocycles. The molecule has 0 radical (unpaired) electrons. The van der Waals surface area contributed by atoms with Crippen LogP contribution in [-0.2, 0) is 16.1 Å². The van der Waals surface area contributed by atoms with Gasteiger partial charge in [0.1, 0.15) is 12.9 Å². The molecule has 2 amide bonds. The number of nitrogen functional groups attached to an aromatic ring is 1. The Hall–Kier alpha value is -2.12. The summed E-state index contributed by atoms with van der Waals surface area (Å²) in [5.41, 5.74) is 10.7. The molecule has 8 heteroatoms. The number of likely N-dealkylation sites (tertiary alicyclic amines) is 1. The number of nitrogens with zero attached hydrogens (tertiary/aromatic N) is 4. The molecule has 0 aliphatic carbocycles. The van der Waals surface area contributed by atoms with Gasteiger partial charge in [0.05, 0.1) is 5.92 Å². The summed E-state index contributed by atoms with van der Waals surface area (Å²) in [7, 11) is 0. The standard InChI is InChI=1S/C11H18N6O2/c1-7-2-3-8(10(12)19)4-17(7)9(18)5-16-6-14-11(13)15-16/h6-8H,2-5H2,1H3,(H2,12,19)(H2,13,15). The number of aromatic nitrogens is 3. The fraction of sp³-hybridized carbons (Fsp3) is 0.636. The third-order valence-corrected chi connectivity index (χ3v) is 3.46. The maximum Gasteiger partial charge on any atom is 0.244 e. The molecule has 0 spiro atoms. The molecule has 2 atom stereocenters. The minimum Gasteiger partial charge on any atom is -0.369 e. The van der Waals surface area contributed by atoms with Gasteiger partial charge in [-0.1, -0.05) is 0 Å². The zero-order valence-electron chi connectivity index (χ0n) is 10.8. The lowest BCUT2D eigenvalue weighted by atomic mass is 9.93. The van der Waals surface area contributed by atoms with Crippen molar-refractivity contribution in [2.24, 2.45) is 11.7 Å². The van der Waals surface area contributed by atoms with Crippen molar-refractivity contribution in [3.05, 3.63) is 6.33 Å². The molecule has 0 saturated carbocycles. The predicted molar refractivity (Wildman–Crippen MR) is 67.5 cm³/mol. The van der Waals surface area contributed by atoms with Crippen LogP contribution in [0.2, 0.25) is 0 Å². The molecule has 2 unspecified atom stereocenters. The first-order chi connectivity index (χ1) is 8.97. The van der Waals surface area contributed by atoms with Crippen molar-refractivity contribution >= 4 is 17.8 Å². The smallest absolute Gasteiger partial charge is 0.244 e. The maximum atomic E-state index is 12.2. The lowest BCUT2D eigenvalue weighted by molar-refractivity contribution is -0.138. The van der Waals surface area contributed by atoms with E-state index in [1.54, 1.807) is 4.90 Å². The number of nitrogens with two attached hydrogens (primary N) is 2. The van der Waals surface area contributed by atoms with Crippen LogP contribution < -0.4 is 11.5 Å². The average molecular weight is 266 g/mol. The van der Waals surface area contributed by atoms with Crippen molar-refractivity contribution in [1.82, 2.24) is 19.7 Å². The van der Waals surface area contributed by atoms with Crippen molar-refractivity contribution in [2.75, 3.05) is 12.3 Å². The van der Waals surface area contributed by atoms with Crippen LogP contribution in [0.25, 0.3) is 0 Å². The van der Waals surface area contributed by atoms with E-state index in [-0.39, 0.29) is 36.3 Å². The molecule has 2 heterocycles. The van der Waals surface area contributed by atoms with Crippen LogP contribution in [0.5, 0.6) is 0 Å². The largest absolute Gasteiger partial charge is 0.369 e. The van der Waals surface area contributed by atoms with E-state index in [0.29, 0.717) is 6.54 Å². The van der Waals surface area contributed by atoms with Crippen molar-refractivity contribution < 1.29 is 9.59 Å². The number of amides is 2. The average Bonchev–Trinajstić information content (AvgIpc) is 2.74. The third-order valence-electron chi connectivity index (χ3n) is 3.46. The van der Waals surface area contributed by atoms with Gasteiger partial charge >= 0.3 is 0 Å². The van der Waals surface area contributed by atoms with Gasteiger partial charge in [-0.25, -0.2) is 9.67 Å². The number of hydrogen-bond donors (Lipinski definition) is 2. The summed E-state index contributed by atoms with van der Waals surface area (Å²) >= 11 is 0. The number of hydrogen-bond acceptors (Lipinski definition) is 5. The van der Waals surface area contributed by atoms with Gasteiger partial charge in [-0.3, -0.25) is 9.59 Å². The third kappa shape index (κ3) is 3.01. The summed E-state index contributed by atoms with van der Waals surface area (Å²) in [6.07, 6.45) is 2.92. The monoisotopic (exact) mass is 266 g/mol. The molecule has 1 aliphatic rings. The van der Waals surface area contributed by atoms with Gasteiger partial charge < -0.3 is 16.4 Å². The quantitative estimate of drug-likeness (QED) is 0.725. The van der Waals surface area contributed by atoms with E-state index in [0.717, 1.165) is 12.8 Å². The Kier molecular flexibility index (Phi) is 3.68. The lowest BCUT2D eigenvalue weighted by Crippen LogP contribution is -2.49. The van der Waals surface area contributed by atoms with Gasteiger partial charge in [0.2, 0.25) is 17.8 Å². The SMILES string of the molecule is CC1CCC(C(N)=O)CN1C(=O)Cn1cnc(N)n1. The van der Waals surface area contributed by atoms with Gasteiger partial charge in [-0.15, -0.1) is 5.10 Å². The number of primary amides is 1. The van der Waals surface area contributed by atoms with Crippen LogP contribution in [0.4, 0.5) is 5.95 Å². The molecule has 2 rings (SSSR count). The molecule has 4 N–H and O–H groups in total. The molecule has 1 aromatic rings.